The normalized spacial score (nSPS) is 10.4. The van der Waals surface area contributed by atoms with E-state index >= 15 is 0 Å². The molecule has 2 N–H and O–H groups in total. The molecule has 0 amide bonds. The number of rotatable bonds is 1. The average molecular weight is 264 g/mol. The molecule has 0 saturated heterocycles. The Morgan fingerprint density at radius 2 is 1.95 bits per heavy atom. The van der Waals surface area contributed by atoms with E-state index in [0.29, 0.717) is 16.5 Å². The van der Waals surface area contributed by atoms with E-state index in [1.807, 2.05) is 36.4 Å². The Labute approximate surface area is 114 Å². The Bertz CT molecular complexity index is 838. The molecule has 1 aromatic carbocycles. The molecule has 5 heteroatoms. The lowest BCUT2D eigenvalue weighted by Gasteiger charge is -2.10. The molecule has 20 heavy (non-hydrogen) atoms. The third-order valence-electron chi connectivity index (χ3n) is 3.04. The second kappa shape index (κ2) is 4.59. The third kappa shape index (κ3) is 1.84. The lowest BCUT2D eigenvalue weighted by molar-refractivity contribution is 0.586. The van der Waals surface area contributed by atoms with E-state index in [0.717, 1.165) is 5.56 Å². The van der Waals surface area contributed by atoms with Crippen LogP contribution < -0.4 is 5.73 Å². The zero-order chi connectivity index (χ0) is 14.1. The van der Waals surface area contributed by atoms with Crippen molar-refractivity contribution in [3.8, 4) is 17.2 Å². The van der Waals surface area contributed by atoms with Gasteiger partial charge in [-0.25, -0.2) is 9.97 Å². The standard InChI is InChI=1S/C15H9FN4/c16-13-6-10-12(8-19-13)20-15(18)11(7-17)14(10)9-4-2-1-3-5-9/h1-6,8H,(H2,18,20). The first-order valence-corrected chi connectivity index (χ1v) is 5.91. The van der Waals surface area contributed by atoms with Crippen molar-refractivity contribution in [2.24, 2.45) is 0 Å². The van der Waals surface area contributed by atoms with E-state index < -0.39 is 5.95 Å². The summed E-state index contributed by atoms with van der Waals surface area (Å²) >= 11 is 0. The molecule has 2 heterocycles. The lowest BCUT2D eigenvalue weighted by atomic mass is 9.97. The summed E-state index contributed by atoms with van der Waals surface area (Å²) in [6.45, 7) is 0. The summed E-state index contributed by atoms with van der Waals surface area (Å²) in [5, 5.41) is 9.83. The van der Waals surface area contributed by atoms with E-state index in [4.69, 9.17) is 5.73 Å². The SMILES string of the molecule is N#Cc1c(N)nc2cnc(F)cc2c1-c1ccccc1. The van der Waals surface area contributed by atoms with Crippen LogP contribution >= 0.6 is 0 Å². The van der Waals surface area contributed by atoms with Gasteiger partial charge in [-0.05, 0) is 5.56 Å². The van der Waals surface area contributed by atoms with Crippen molar-refractivity contribution >= 4 is 16.7 Å². The number of anilines is 1. The number of benzene rings is 1. The molecule has 0 fully saturated rings. The Balaban J connectivity index is 2.49. The second-order valence-electron chi connectivity index (χ2n) is 4.25. The van der Waals surface area contributed by atoms with Gasteiger partial charge < -0.3 is 5.73 Å². The van der Waals surface area contributed by atoms with Crippen LogP contribution in [0.2, 0.25) is 0 Å². The maximum atomic E-state index is 13.4. The summed E-state index contributed by atoms with van der Waals surface area (Å²) in [7, 11) is 0. The van der Waals surface area contributed by atoms with E-state index in [9.17, 15) is 9.65 Å². The summed E-state index contributed by atoms with van der Waals surface area (Å²) in [6, 6.07) is 12.5. The number of nitriles is 1. The summed E-state index contributed by atoms with van der Waals surface area (Å²) in [5.74, 6) is -0.502. The minimum absolute atomic E-state index is 0.118. The molecule has 3 rings (SSSR count). The average Bonchev–Trinajstić information content (AvgIpc) is 2.47. The van der Waals surface area contributed by atoms with Gasteiger partial charge >= 0.3 is 0 Å². The van der Waals surface area contributed by atoms with Gasteiger partial charge in [0.15, 0.2) is 0 Å². The Kier molecular flexibility index (Phi) is 2.77. The van der Waals surface area contributed by atoms with E-state index in [2.05, 4.69) is 9.97 Å². The van der Waals surface area contributed by atoms with Crippen molar-refractivity contribution in [2.45, 2.75) is 0 Å². The fraction of sp³-hybridized carbons (Fsp3) is 0. The van der Waals surface area contributed by atoms with Crippen molar-refractivity contribution in [1.82, 2.24) is 9.97 Å². The van der Waals surface area contributed by atoms with Gasteiger partial charge in [-0.3, -0.25) is 0 Å². The molecule has 0 bridgehead atoms. The Morgan fingerprint density at radius 3 is 2.65 bits per heavy atom. The first kappa shape index (κ1) is 12.1. The van der Waals surface area contributed by atoms with Gasteiger partial charge in [-0.2, -0.15) is 9.65 Å². The largest absolute Gasteiger partial charge is 0.383 e. The van der Waals surface area contributed by atoms with Crippen LogP contribution in [0.1, 0.15) is 5.56 Å². The molecule has 0 saturated carbocycles. The van der Waals surface area contributed by atoms with Gasteiger partial charge in [0.1, 0.15) is 17.5 Å². The van der Waals surface area contributed by atoms with Crippen LogP contribution in [0, 0.1) is 17.3 Å². The fourth-order valence-corrected chi connectivity index (χ4v) is 2.18. The highest BCUT2D eigenvalue weighted by Crippen LogP contribution is 2.33. The summed E-state index contributed by atoms with van der Waals surface area (Å²) < 4.78 is 13.4. The molecular weight excluding hydrogens is 255 g/mol. The van der Waals surface area contributed by atoms with Crippen LogP contribution in [-0.4, -0.2) is 9.97 Å². The van der Waals surface area contributed by atoms with Crippen molar-refractivity contribution in [3.63, 3.8) is 0 Å². The van der Waals surface area contributed by atoms with Crippen molar-refractivity contribution < 1.29 is 4.39 Å². The summed E-state index contributed by atoms with van der Waals surface area (Å²) in [5.41, 5.74) is 7.89. The van der Waals surface area contributed by atoms with Crippen LogP contribution in [0.3, 0.4) is 0 Å². The number of nitrogen functional groups attached to an aromatic ring is 1. The number of fused-ring (bicyclic) bond motifs is 1. The predicted octanol–water partition coefficient (Wildman–Crippen LogP) is 2.89. The maximum Gasteiger partial charge on any atom is 0.213 e. The molecule has 0 aliphatic rings. The molecule has 0 radical (unpaired) electrons. The molecule has 0 aliphatic carbocycles. The van der Waals surface area contributed by atoms with E-state index in [-0.39, 0.29) is 11.4 Å². The van der Waals surface area contributed by atoms with Gasteiger partial charge in [0, 0.05) is 17.0 Å². The van der Waals surface area contributed by atoms with Gasteiger partial charge in [-0.1, -0.05) is 30.3 Å². The number of nitrogens with zero attached hydrogens (tertiary/aromatic N) is 3. The number of halogens is 1. The number of pyridine rings is 2. The molecule has 0 atom stereocenters. The third-order valence-corrected chi connectivity index (χ3v) is 3.04. The fourth-order valence-electron chi connectivity index (χ4n) is 2.18. The Morgan fingerprint density at radius 1 is 1.20 bits per heavy atom. The van der Waals surface area contributed by atoms with Crippen LogP contribution in [0.5, 0.6) is 0 Å². The topological polar surface area (TPSA) is 75.6 Å². The second-order valence-corrected chi connectivity index (χ2v) is 4.25. The van der Waals surface area contributed by atoms with Crippen LogP contribution in [0.25, 0.3) is 22.0 Å². The van der Waals surface area contributed by atoms with Crippen molar-refractivity contribution in [3.05, 3.63) is 54.1 Å². The molecule has 0 aliphatic heterocycles. The molecule has 0 spiro atoms. The first-order chi connectivity index (χ1) is 9.70. The number of hydrogen-bond acceptors (Lipinski definition) is 4. The van der Waals surface area contributed by atoms with Crippen LogP contribution in [0.4, 0.5) is 10.2 Å². The zero-order valence-corrected chi connectivity index (χ0v) is 10.3. The predicted molar refractivity (Wildman–Crippen MR) is 74.1 cm³/mol. The van der Waals surface area contributed by atoms with Gasteiger partial charge in [0.2, 0.25) is 5.95 Å². The monoisotopic (exact) mass is 264 g/mol. The minimum Gasteiger partial charge on any atom is -0.383 e. The van der Waals surface area contributed by atoms with Crippen molar-refractivity contribution in [1.29, 1.82) is 5.26 Å². The van der Waals surface area contributed by atoms with Gasteiger partial charge in [0.05, 0.1) is 11.7 Å². The number of nitrogens with two attached hydrogens (primary N) is 1. The van der Waals surface area contributed by atoms with Crippen LogP contribution in [-0.2, 0) is 0 Å². The van der Waals surface area contributed by atoms with Crippen molar-refractivity contribution in [2.75, 3.05) is 5.73 Å². The smallest absolute Gasteiger partial charge is 0.213 e. The van der Waals surface area contributed by atoms with Gasteiger partial charge in [0.25, 0.3) is 0 Å². The van der Waals surface area contributed by atoms with Crippen LogP contribution in [0.15, 0.2) is 42.6 Å². The lowest BCUT2D eigenvalue weighted by Crippen LogP contribution is -2.00. The summed E-state index contributed by atoms with van der Waals surface area (Å²) in [4.78, 5) is 7.67. The highest BCUT2D eigenvalue weighted by molar-refractivity contribution is 5.99. The molecule has 96 valence electrons. The van der Waals surface area contributed by atoms with E-state index in [1.54, 1.807) is 0 Å². The first-order valence-electron chi connectivity index (χ1n) is 5.91. The zero-order valence-electron chi connectivity index (χ0n) is 10.3. The molecule has 4 nitrogen and oxygen atoms in total. The number of aromatic nitrogens is 2. The minimum atomic E-state index is -0.620. The Hall–Kier alpha value is -3.00. The molecule has 3 aromatic rings. The summed E-state index contributed by atoms with van der Waals surface area (Å²) in [6.07, 6.45) is 1.31. The van der Waals surface area contributed by atoms with E-state index in [1.165, 1.54) is 12.3 Å². The quantitative estimate of drug-likeness (QED) is 0.686. The molecule has 2 aromatic heterocycles. The highest BCUT2D eigenvalue weighted by atomic mass is 19.1. The van der Waals surface area contributed by atoms with Gasteiger partial charge in [-0.15, -0.1) is 0 Å². The molecular formula is C15H9FN4. The number of hydrogen-bond donors (Lipinski definition) is 1. The maximum absolute atomic E-state index is 13.4. The highest BCUT2D eigenvalue weighted by Gasteiger charge is 2.15. The molecule has 0 unspecified atom stereocenters.